The fraction of sp³-hybridized carbons (Fsp3) is 0.636. The van der Waals surface area contributed by atoms with E-state index in [1.807, 2.05) is 24.9 Å². The van der Waals surface area contributed by atoms with E-state index >= 15 is 0 Å². The van der Waals surface area contributed by atoms with Gasteiger partial charge < -0.3 is 9.67 Å². The number of carbonyl (C=O) groups is 1. The van der Waals surface area contributed by atoms with Gasteiger partial charge in [-0.1, -0.05) is 11.8 Å². The van der Waals surface area contributed by atoms with E-state index in [1.165, 1.54) is 30.4 Å². The van der Waals surface area contributed by atoms with Gasteiger partial charge in [0.15, 0.2) is 5.16 Å². The van der Waals surface area contributed by atoms with Crippen molar-refractivity contribution in [3.63, 3.8) is 0 Å². The summed E-state index contributed by atoms with van der Waals surface area (Å²) in [6.45, 7) is 2.04. The second-order valence-electron chi connectivity index (χ2n) is 4.11. The van der Waals surface area contributed by atoms with Gasteiger partial charge >= 0.3 is 5.97 Å². The third-order valence-corrected chi connectivity index (χ3v) is 4.92. The molecule has 1 aromatic rings. The maximum Gasteiger partial charge on any atom is 0.313 e. The SMILES string of the molecule is Cc1cnc(SCC(=O)O)n1C1CCCSC1. The number of thioether (sulfide) groups is 2. The molecule has 1 unspecified atom stereocenters. The van der Waals surface area contributed by atoms with E-state index in [2.05, 4.69) is 9.55 Å². The van der Waals surface area contributed by atoms with Gasteiger partial charge in [-0.25, -0.2) is 4.98 Å². The molecular formula is C11H16N2O2S2. The van der Waals surface area contributed by atoms with Crippen molar-refractivity contribution in [2.24, 2.45) is 0 Å². The molecule has 2 heterocycles. The standard InChI is InChI=1S/C11H16N2O2S2/c1-8-5-12-11(17-7-10(14)15)13(8)9-3-2-4-16-6-9/h5,9H,2-4,6-7H2,1H3,(H,14,15). The number of hydrogen-bond donors (Lipinski definition) is 1. The molecule has 1 aromatic heterocycles. The van der Waals surface area contributed by atoms with E-state index in [-0.39, 0.29) is 5.75 Å². The van der Waals surface area contributed by atoms with Crippen molar-refractivity contribution >= 4 is 29.5 Å². The van der Waals surface area contributed by atoms with Gasteiger partial charge in [-0.15, -0.1) is 0 Å². The minimum absolute atomic E-state index is 0.0797. The molecule has 1 saturated heterocycles. The smallest absolute Gasteiger partial charge is 0.313 e. The van der Waals surface area contributed by atoms with Crippen molar-refractivity contribution in [2.45, 2.75) is 31.0 Å². The maximum absolute atomic E-state index is 10.6. The second kappa shape index (κ2) is 5.82. The van der Waals surface area contributed by atoms with Gasteiger partial charge in [0.2, 0.25) is 0 Å². The third-order valence-electron chi connectivity index (χ3n) is 2.77. The summed E-state index contributed by atoms with van der Waals surface area (Å²) in [6.07, 6.45) is 4.24. The van der Waals surface area contributed by atoms with Crippen molar-refractivity contribution in [3.05, 3.63) is 11.9 Å². The molecule has 1 N–H and O–H groups in total. The summed E-state index contributed by atoms with van der Waals surface area (Å²) in [5.41, 5.74) is 1.13. The largest absolute Gasteiger partial charge is 0.481 e. The minimum Gasteiger partial charge on any atom is -0.481 e. The Labute approximate surface area is 109 Å². The van der Waals surface area contributed by atoms with Crippen LogP contribution >= 0.6 is 23.5 Å². The van der Waals surface area contributed by atoms with Crippen LogP contribution in [0.25, 0.3) is 0 Å². The van der Waals surface area contributed by atoms with E-state index in [4.69, 9.17) is 5.11 Å². The van der Waals surface area contributed by atoms with Gasteiger partial charge in [-0.05, 0) is 25.5 Å². The first-order valence-corrected chi connectivity index (χ1v) is 7.78. The van der Waals surface area contributed by atoms with Crippen LogP contribution in [0, 0.1) is 6.92 Å². The van der Waals surface area contributed by atoms with Crippen molar-refractivity contribution < 1.29 is 9.90 Å². The Kier molecular flexibility index (Phi) is 4.39. The predicted molar refractivity (Wildman–Crippen MR) is 70.9 cm³/mol. The van der Waals surface area contributed by atoms with Gasteiger partial charge in [0.05, 0.1) is 5.75 Å². The normalized spacial score (nSPS) is 20.4. The predicted octanol–water partition coefficient (Wildman–Crippen LogP) is 2.44. The summed E-state index contributed by atoms with van der Waals surface area (Å²) in [7, 11) is 0. The molecule has 6 heteroatoms. The number of nitrogens with zero attached hydrogens (tertiary/aromatic N) is 2. The molecule has 0 amide bonds. The lowest BCUT2D eigenvalue weighted by atomic mass is 10.2. The highest BCUT2D eigenvalue weighted by molar-refractivity contribution is 7.99. The Morgan fingerprint density at radius 3 is 3.24 bits per heavy atom. The number of aromatic nitrogens is 2. The molecule has 2 rings (SSSR count). The zero-order valence-corrected chi connectivity index (χ0v) is 11.4. The van der Waals surface area contributed by atoms with Gasteiger partial charge in [-0.3, -0.25) is 4.79 Å². The first-order chi connectivity index (χ1) is 8.18. The molecule has 17 heavy (non-hydrogen) atoms. The zero-order chi connectivity index (χ0) is 12.3. The molecule has 1 fully saturated rings. The number of carboxylic acids is 1. The lowest BCUT2D eigenvalue weighted by Gasteiger charge is -2.25. The van der Waals surface area contributed by atoms with Crippen LogP contribution in [0.5, 0.6) is 0 Å². The highest BCUT2D eigenvalue weighted by Gasteiger charge is 2.20. The lowest BCUT2D eigenvalue weighted by molar-refractivity contribution is -0.133. The van der Waals surface area contributed by atoms with E-state index in [9.17, 15) is 4.79 Å². The molecular weight excluding hydrogens is 256 g/mol. The molecule has 4 nitrogen and oxygen atoms in total. The Bertz CT molecular complexity index is 400. The van der Waals surface area contributed by atoms with Crippen molar-refractivity contribution in [1.29, 1.82) is 0 Å². The van der Waals surface area contributed by atoms with Crippen molar-refractivity contribution in [2.75, 3.05) is 17.3 Å². The molecule has 0 bridgehead atoms. The molecule has 1 aliphatic heterocycles. The third kappa shape index (κ3) is 3.19. The van der Waals surface area contributed by atoms with Gasteiger partial charge in [-0.2, -0.15) is 11.8 Å². The fourth-order valence-electron chi connectivity index (χ4n) is 2.03. The van der Waals surface area contributed by atoms with E-state index in [0.717, 1.165) is 16.6 Å². The molecule has 1 aliphatic rings. The summed E-state index contributed by atoms with van der Waals surface area (Å²) in [5, 5.41) is 9.57. The zero-order valence-electron chi connectivity index (χ0n) is 9.76. The van der Waals surface area contributed by atoms with E-state index < -0.39 is 5.97 Å². The number of aliphatic carboxylic acids is 1. The fourth-order valence-corrected chi connectivity index (χ4v) is 3.97. The molecule has 0 spiro atoms. The monoisotopic (exact) mass is 272 g/mol. The lowest BCUT2D eigenvalue weighted by Crippen LogP contribution is -2.18. The number of rotatable bonds is 4. The highest BCUT2D eigenvalue weighted by Crippen LogP contribution is 2.31. The molecule has 1 atom stereocenters. The summed E-state index contributed by atoms with van der Waals surface area (Å²) in [4.78, 5) is 14.9. The summed E-state index contributed by atoms with van der Waals surface area (Å²) in [6, 6.07) is 0.479. The van der Waals surface area contributed by atoms with Gasteiger partial charge in [0, 0.05) is 23.7 Å². The van der Waals surface area contributed by atoms with Crippen LogP contribution in [-0.4, -0.2) is 37.9 Å². The first-order valence-electron chi connectivity index (χ1n) is 5.64. The molecule has 0 aromatic carbocycles. The van der Waals surface area contributed by atoms with E-state index in [1.54, 1.807) is 0 Å². The Balaban J connectivity index is 2.13. The maximum atomic E-state index is 10.6. The Morgan fingerprint density at radius 1 is 1.76 bits per heavy atom. The van der Waals surface area contributed by atoms with E-state index in [0.29, 0.717) is 6.04 Å². The molecule has 0 radical (unpaired) electrons. The van der Waals surface area contributed by atoms with Crippen LogP contribution in [0.15, 0.2) is 11.4 Å². The van der Waals surface area contributed by atoms with Crippen LogP contribution < -0.4 is 0 Å². The van der Waals surface area contributed by atoms with Crippen molar-refractivity contribution in [1.82, 2.24) is 9.55 Å². The van der Waals surface area contributed by atoms with Crippen molar-refractivity contribution in [3.8, 4) is 0 Å². The summed E-state index contributed by atoms with van der Waals surface area (Å²) >= 11 is 3.28. The molecule has 94 valence electrons. The Hall–Kier alpha value is -0.620. The van der Waals surface area contributed by atoms with Crippen LogP contribution in [0.4, 0.5) is 0 Å². The topological polar surface area (TPSA) is 55.1 Å². The van der Waals surface area contributed by atoms with Gasteiger partial charge in [0.25, 0.3) is 0 Å². The number of aryl methyl sites for hydroxylation is 1. The number of imidazole rings is 1. The highest BCUT2D eigenvalue weighted by atomic mass is 32.2. The van der Waals surface area contributed by atoms with Crippen LogP contribution in [0.1, 0.15) is 24.6 Å². The minimum atomic E-state index is -0.791. The van der Waals surface area contributed by atoms with Gasteiger partial charge in [0.1, 0.15) is 0 Å². The summed E-state index contributed by atoms with van der Waals surface area (Å²) < 4.78 is 2.21. The van der Waals surface area contributed by atoms with Crippen LogP contribution in [-0.2, 0) is 4.79 Å². The average molecular weight is 272 g/mol. The summed E-state index contributed by atoms with van der Waals surface area (Å²) in [5.74, 6) is 1.64. The number of carboxylic acid groups (broad SMARTS) is 1. The molecule has 0 saturated carbocycles. The van der Waals surface area contributed by atoms with Crippen LogP contribution in [0.2, 0.25) is 0 Å². The Morgan fingerprint density at radius 2 is 2.59 bits per heavy atom. The second-order valence-corrected chi connectivity index (χ2v) is 6.20. The quantitative estimate of drug-likeness (QED) is 0.853. The first kappa shape index (κ1) is 12.8. The molecule has 0 aliphatic carbocycles. The number of hydrogen-bond acceptors (Lipinski definition) is 4. The van der Waals surface area contributed by atoms with Crippen LogP contribution in [0.3, 0.4) is 0 Å². The average Bonchev–Trinajstić information content (AvgIpc) is 2.69.